The van der Waals surface area contributed by atoms with Gasteiger partial charge in [0.2, 0.25) is 0 Å². The molecule has 12 nitrogen and oxygen atoms in total. The molecule has 0 spiro atoms. The summed E-state index contributed by atoms with van der Waals surface area (Å²) in [6.45, 7) is 3.53. The number of nitrogens with one attached hydrogen (secondary N) is 1. The van der Waals surface area contributed by atoms with Crippen LogP contribution in [-0.4, -0.2) is 84.0 Å². The Kier molecular flexibility index (Phi) is 12.1. The standard InChI is InChI=1S/C50H52N5O7PSi/c1-57-38-25-21-36(22-26-38)50(35-14-7-4-8-15-35,37-23-27-39(58-2)28-24-37)59-31-44-43(30-46(60-44)54-34-53-47-48(54)51-33-52-49(47)56)61-63-55-29-13-20-42(55)45(62-63)32-64(3,40-16-9-5-10-17-40)41-18-11-6-12-19-41/h4-12,14-19,21-28,33-34,42-46H,13,20,29-32H2,1-3H3,(H,51,52,56)/t42-,43-,44+,45+,46+,63?/m0/s1. The molecule has 3 saturated heterocycles. The van der Waals surface area contributed by atoms with Crippen LogP contribution >= 0.6 is 8.53 Å². The number of rotatable bonds is 15. The van der Waals surface area contributed by atoms with E-state index < -0.39 is 40.6 Å². The molecule has 0 aliphatic carbocycles. The van der Waals surface area contributed by atoms with E-state index in [1.807, 2.05) is 71.3 Å². The first kappa shape index (κ1) is 42.4. The molecule has 2 aromatic heterocycles. The molecule has 0 radical (unpaired) electrons. The van der Waals surface area contributed by atoms with Crippen molar-refractivity contribution in [1.29, 1.82) is 0 Å². The molecule has 1 N–H and O–H groups in total. The zero-order chi connectivity index (χ0) is 43.7. The minimum absolute atomic E-state index is 0.00269. The number of benzene rings is 5. The van der Waals surface area contributed by atoms with E-state index in [4.69, 9.17) is 28.0 Å². The fourth-order valence-corrected chi connectivity index (χ4v) is 15.8. The third-order valence-electron chi connectivity index (χ3n) is 13.3. The van der Waals surface area contributed by atoms with E-state index >= 15 is 0 Å². The molecule has 328 valence electrons. The number of aromatic nitrogens is 4. The van der Waals surface area contributed by atoms with Crippen molar-refractivity contribution < 1.29 is 28.0 Å². The molecule has 64 heavy (non-hydrogen) atoms. The Morgan fingerprint density at radius 2 is 1.38 bits per heavy atom. The van der Waals surface area contributed by atoms with Gasteiger partial charge in [-0.05, 0) is 59.8 Å². The van der Waals surface area contributed by atoms with Gasteiger partial charge in [-0.15, -0.1) is 0 Å². The highest BCUT2D eigenvalue weighted by atomic mass is 31.2. The van der Waals surface area contributed by atoms with Gasteiger partial charge >= 0.3 is 0 Å². The summed E-state index contributed by atoms with van der Waals surface area (Å²) < 4.78 is 44.4. The van der Waals surface area contributed by atoms with Crippen LogP contribution in [0.5, 0.6) is 11.5 Å². The highest BCUT2D eigenvalue weighted by Gasteiger charge is 2.52. The van der Waals surface area contributed by atoms with Crippen LogP contribution in [0.25, 0.3) is 11.2 Å². The van der Waals surface area contributed by atoms with Crippen molar-refractivity contribution in [3.05, 3.63) is 179 Å². The second kappa shape index (κ2) is 18.2. The summed E-state index contributed by atoms with van der Waals surface area (Å²) >= 11 is 0. The number of methoxy groups -OCH3 is 2. The van der Waals surface area contributed by atoms with Crippen LogP contribution in [0.4, 0.5) is 0 Å². The van der Waals surface area contributed by atoms with E-state index in [9.17, 15) is 4.79 Å². The number of imidazole rings is 1. The van der Waals surface area contributed by atoms with Gasteiger partial charge in [-0.1, -0.05) is 132 Å². The quantitative estimate of drug-likeness (QED) is 0.0620. The SMILES string of the molecule is COc1ccc(C(OC[C@H]2O[C@@H](n3cnc4c(=O)[nH]cnc43)C[C@@H]2OP2O[C@H](C[Si](C)(c3ccccc3)c3ccccc3)[C@@H]3CCCN32)(c2ccccc2)c2ccc(OC)cc2)cc1. The minimum Gasteiger partial charge on any atom is -0.497 e. The van der Waals surface area contributed by atoms with Crippen molar-refractivity contribution in [3.8, 4) is 11.5 Å². The zero-order valence-electron chi connectivity index (χ0n) is 36.2. The topological polar surface area (TPSA) is 122 Å². The van der Waals surface area contributed by atoms with E-state index in [0.29, 0.717) is 12.1 Å². The van der Waals surface area contributed by atoms with Crippen molar-refractivity contribution in [2.24, 2.45) is 0 Å². The fourth-order valence-electron chi connectivity index (χ4n) is 9.88. The van der Waals surface area contributed by atoms with Gasteiger partial charge in [-0.2, -0.15) is 0 Å². The van der Waals surface area contributed by atoms with Gasteiger partial charge < -0.3 is 33.0 Å². The number of hydrogen-bond donors (Lipinski definition) is 1. The summed E-state index contributed by atoms with van der Waals surface area (Å²) in [6.07, 6.45) is 4.10. The third kappa shape index (κ3) is 7.89. The second-order valence-corrected chi connectivity index (χ2v) is 22.5. The molecule has 0 bridgehead atoms. The normalized spacial score (nSPS) is 22.5. The minimum atomic E-state index is -2.24. The average molecular weight is 894 g/mol. The van der Waals surface area contributed by atoms with E-state index in [1.54, 1.807) is 20.5 Å². The molecular formula is C50H52N5O7PSi. The van der Waals surface area contributed by atoms with Gasteiger partial charge in [0.1, 0.15) is 37.5 Å². The van der Waals surface area contributed by atoms with Gasteiger partial charge in [0.25, 0.3) is 14.1 Å². The number of ether oxygens (including phenoxy) is 4. The summed E-state index contributed by atoms with van der Waals surface area (Å²) in [5, 5.41) is 2.79. The first-order valence-corrected chi connectivity index (χ1v) is 25.8. The van der Waals surface area contributed by atoms with Crippen LogP contribution in [0.15, 0.2) is 157 Å². The van der Waals surface area contributed by atoms with Gasteiger partial charge in [0, 0.05) is 19.0 Å². The molecule has 0 saturated carbocycles. The fraction of sp³-hybridized carbons (Fsp3) is 0.300. The van der Waals surface area contributed by atoms with Crippen LogP contribution in [0.1, 0.15) is 42.2 Å². The van der Waals surface area contributed by atoms with Crippen LogP contribution in [0.2, 0.25) is 12.6 Å². The van der Waals surface area contributed by atoms with Gasteiger partial charge in [-0.25, -0.2) is 14.6 Å². The van der Waals surface area contributed by atoms with Crippen LogP contribution in [0, 0.1) is 0 Å². The Hall–Kier alpha value is -5.50. The maximum Gasteiger partial charge on any atom is 0.278 e. The molecule has 10 rings (SSSR count). The monoisotopic (exact) mass is 893 g/mol. The predicted octanol–water partition coefficient (Wildman–Crippen LogP) is 7.80. The molecule has 14 heteroatoms. The molecule has 6 atom stereocenters. The lowest BCUT2D eigenvalue weighted by atomic mass is 9.80. The van der Waals surface area contributed by atoms with Crippen LogP contribution in [0.3, 0.4) is 0 Å². The Morgan fingerprint density at radius 3 is 1.98 bits per heavy atom. The van der Waals surface area contributed by atoms with Gasteiger partial charge in [-0.3, -0.25) is 9.36 Å². The Morgan fingerprint density at radius 1 is 0.781 bits per heavy atom. The van der Waals surface area contributed by atoms with Crippen molar-refractivity contribution in [2.45, 2.75) is 68.0 Å². The van der Waals surface area contributed by atoms with E-state index in [2.05, 4.69) is 99.0 Å². The molecule has 1 unspecified atom stereocenters. The molecule has 3 aliphatic heterocycles. The first-order valence-electron chi connectivity index (χ1n) is 21.9. The highest BCUT2D eigenvalue weighted by molar-refractivity contribution is 7.45. The maximum atomic E-state index is 12.8. The maximum absolute atomic E-state index is 12.8. The molecule has 7 aromatic rings. The number of nitrogens with zero attached hydrogens (tertiary/aromatic N) is 4. The zero-order valence-corrected chi connectivity index (χ0v) is 38.1. The number of H-pyrrole nitrogens is 1. The van der Waals surface area contributed by atoms with E-state index in [-0.39, 0.29) is 29.8 Å². The average Bonchev–Trinajstić information content (AvgIpc) is 4.17. The van der Waals surface area contributed by atoms with Gasteiger partial charge in [0.05, 0.1) is 45.7 Å². The summed E-state index contributed by atoms with van der Waals surface area (Å²) in [5.74, 6) is 1.48. The van der Waals surface area contributed by atoms with Crippen LogP contribution < -0.4 is 25.4 Å². The number of fused-ring (bicyclic) bond motifs is 2. The smallest absolute Gasteiger partial charge is 0.278 e. The van der Waals surface area contributed by atoms with E-state index in [0.717, 1.165) is 53.6 Å². The summed E-state index contributed by atoms with van der Waals surface area (Å²) in [7, 11) is -0.363. The van der Waals surface area contributed by atoms with Crippen molar-refractivity contribution >= 4 is 38.1 Å². The Balaban J connectivity index is 1.00. The molecule has 5 aromatic carbocycles. The van der Waals surface area contributed by atoms with Crippen molar-refractivity contribution in [3.63, 3.8) is 0 Å². The lowest BCUT2D eigenvalue weighted by Crippen LogP contribution is -2.58. The summed E-state index contributed by atoms with van der Waals surface area (Å²) in [5.41, 5.74) is 2.07. The van der Waals surface area contributed by atoms with Crippen molar-refractivity contribution in [2.75, 3.05) is 27.4 Å². The predicted molar refractivity (Wildman–Crippen MR) is 250 cm³/mol. The second-order valence-electron chi connectivity index (χ2n) is 16.9. The lowest BCUT2D eigenvalue weighted by Gasteiger charge is -2.37. The Bertz CT molecular complexity index is 2620. The lowest BCUT2D eigenvalue weighted by molar-refractivity contribution is -0.0906. The largest absolute Gasteiger partial charge is 0.497 e. The number of hydrogen-bond acceptors (Lipinski definition) is 10. The Labute approximate surface area is 375 Å². The highest BCUT2D eigenvalue weighted by Crippen LogP contribution is 2.59. The van der Waals surface area contributed by atoms with Gasteiger partial charge in [0.15, 0.2) is 11.2 Å². The van der Waals surface area contributed by atoms with Crippen LogP contribution in [-0.2, 0) is 24.1 Å². The molecule has 0 amide bonds. The first-order chi connectivity index (χ1) is 31.4. The van der Waals surface area contributed by atoms with E-state index in [1.165, 1.54) is 16.7 Å². The molecule has 5 heterocycles. The summed E-state index contributed by atoms with van der Waals surface area (Å²) in [6, 6.07) is 49.4. The third-order valence-corrected chi connectivity index (χ3v) is 19.5. The summed E-state index contributed by atoms with van der Waals surface area (Å²) in [4.78, 5) is 24.4. The molecular weight excluding hydrogens is 842 g/mol. The number of aromatic amines is 1. The van der Waals surface area contributed by atoms with Crippen molar-refractivity contribution in [1.82, 2.24) is 24.2 Å². The molecule has 3 aliphatic rings. The molecule has 3 fully saturated rings.